The lowest BCUT2D eigenvalue weighted by Gasteiger charge is -2.16. The van der Waals surface area contributed by atoms with Gasteiger partial charge in [0.1, 0.15) is 18.1 Å². The fraction of sp³-hybridized carbons (Fsp3) is 0.464. The molecule has 1 saturated carbocycles. The Labute approximate surface area is 225 Å². The van der Waals surface area contributed by atoms with Crippen molar-refractivity contribution in [2.45, 2.75) is 58.1 Å². The molecule has 1 atom stereocenters. The summed E-state index contributed by atoms with van der Waals surface area (Å²) < 4.78 is 19.8. The number of carbonyl (C=O) groups is 2. The second kappa shape index (κ2) is 11.1. The van der Waals surface area contributed by atoms with Crippen LogP contribution < -0.4 is 4.74 Å². The molecule has 2 heterocycles. The van der Waals surface area contributed by atoms with Crippen molar-refractivity contribution < 1.29 is 23.8 Å². The first-order valence-corrected chi connectivity index (χ1v) is 13.8. The summed E-state index contributed by atoms with van der Waals surface area (Å²) >= 11 is 3.59. The highest BCUT2D eigenvalue weighted by atomic mass is 79.9. The average Bonchev–Trinajstić information content (AvgIpc) is 3.49. The lowest BCUT2D eigenvalue weighted by Crippen LogP contribution is -2.29. The number of amides is 1. The van der Waals surface area contributed by atoms with Gasteiger partial charge >= 0.3 is 12.1 Å². The Kier molecular flexibility index (Phi) is 7.69. The van der Waals surface area contributed by atoms with Crippen LogP contribution in [0.3, 0.4) is 0 Å². The molecule has 2 fully saturated rings. The van der Waals surface area contributed by atoms with E-state index in [4.69, 9.17) is 19.3 Å². The third-order valence-corrected chi connectivity index (χ3v) is 7.45. The number of esters is 1. The van der Waals surface area contributed by atoms with Gasteiger partial charge in [-0.2, -0.15) is 5.10 Å². The average molecular weight is 570 g/mol. The normalized spacial score (nSPS) is 17.3. The van der Waals surface area contributed by atoms with Crippen molar-refractivity contribution in [1.82, 2.24) is 14.7 Å². The molecule has 1 aromatic heterocycles. The van der Waals surface area contributed by atoms with E-state index in [1.165, 1.54) is 5.56 Å². The number of hydrogen-bond acceptors (Lipinski definition) is 6. The van der Waals surface area contributed by atoms with Crippen LogP contribution in [0.1, 0.15) is 61.9 Å². The molecule has 0 spiro atoms. The number of rotatable bonds is 9. The SMILES string of the molecule is CCOC(=O)Cc1c(OCc2nn([C@H]3CCN(C(=O)OCC)C3)c3ccc(Br)cc23)cccc1C1CC1. The fourth-order valence-corrected chi connectivity index (χ4v) is 5.43. The molecule has 1 saturated heterocycles. The Hall–Kier alpha value is -3.07. The molecule has 2 aliphatic rings. The summed E-state index contributed by atoms with van der Waals surface area (Å²) in [6, 6.07) is 12.2. The van der Waals surface area contributed by atoms with E-state index in [1.54, 1.807) is 4.90 Å². The maximum absolute atomic E-state index is 12.4. The zero-order valence-electron chi connectivity index (χ0n) is 21.2. The quantitative estimate of drug-likeness (QED) is 0.304. The van der Waals surface area contributed by atoms with Crippen molar-refractivity contribution in [3.8, 4) is 5.75 Å². The highest BCUT2D eigenvalue weighted by Gasteiger charge is 2.31. The highest BCUT2D eigenvalue weighted by molar-refractivity contribution is 9.10. The first kappa shape index (κ1) is 25.6. The van der Waals surface area contributed by atoms with Crippen LogP contribution in [0.4, 0.5) is 4.79 Å². The number of nitrogens with zero attached hydrogens (tertiary/aromatic N) is 3. The summed E-state index contributed by atoms with van der Waals surface area (Å²) in [5, 5.41) is 5.95. The second-order valence-electron chi connectivity index (χ2n) is 9.51. The maximum Gasteiger partial charge on any atom is 0.409 e. The number of aromatic nitrogens is 2. The Bertz CT molecular complexity index is 1300. The minimum Gasteiger partial charge on any atom is -0.487 e. The van der Waals surface area contributed by atoms with Gasteiger partial charge in [-0.3, -0.25) is 9.48 Å². The number of fused-ring (bicyclic) bond motifs is 1. The van der Waals surface area contributed by atoms with E-state index in [9.17, 15) is 9.59 Å². The topological polar surface area (TPSA) is 82.9 Å². The van der Waals surface area contributed by atoms with E-state index in [2.05, 4.69) is 28.1 Å². The lowest BCUT2D eigenvalue weighted by molar-refractivity contribution is -0.142. The van der Waals surface area contributed by atoms with Gasteiger partial charge in [0.2, 0.25) is 0 Å². The number of hydrogen-bond donors (Lipinski definition) is 0. The van der Waals surface area contributed by atoms with Gasteiger partial charge in [0.25, 0.3) is 0 Å². The van der Waals surface area contributed by atoms with Gasteiger partial charge in [-0.15, -0.1) is 0 Å². The zero-order valence-corrected chi connectivity index (χ0v) is 22.8. The molecule has 3 aromatic rings. The standard InChI is InChI=1S/C28H32BrN3O5/c1-3-35-27(33)15-22-21(18-8-9-18)6-5-7-26(22)37-17-24-23-14-19(29)10-11-25(23)32(30-24)20-12-13-31(16-20)28(34)36-4-2/h5-7,10-11,14,18,20H,3-4,8-9,12-13,15-17H2,1-2H3/t20-/m0/s1. The molecule has 0 N–H and O–H groups in total. The largest absolute Gasteiger partial charge is 0.487 e. The van der Waals surface area contributed by atoms with Crippen molar-refractivity contribution in [2.75, 3.05) is 26.3 Å². The first-order valence-electron chi connectivity index (χ1n) is 13.0. The van der Waals surface area contributed by atoms with Crippen molar-refractivity contribution >= 4 is 38.9 Å². The van der Waals surface area contributed by atoms with Crippen LogP contribution in [0.2, 0.25) is 0 Å². The highest BCUT2D eigenvalue weighted by Crippen LogP contribution is 2.44. The molecule has 1 aliphatic heterocycles. The molecule has 0 radical (unpaired) electrons. The van der Waals surface area contributed by atoms with Crippen LogP contribution in [-0.4, -0.2) is 53.0 Å². The summed E-state index contributed by atoms with van der Waals surface area (Å²) in [5.41, 5.74) is 3.89. The monoisotopic (exact) mass is 569 g/mol. The summed E-state index contributed by atoms with van der Waals surface area (Å²) in [6.07, 6.45) is 2.98. The van der Waals surface area contributed by atoms with Gasteiger partial charge in [-0.05, 0) is 68.9 Å². The van der Waals surface area contributed by atoms with Crippen LogP contribution >= 0.6 is 15.9 Å². The maximum atomic E-state index is 12.4. The predicted molar refractivity (Wildman–Crippen MR) is 143 cm³/mol. The molecule has 0 bridgehead atoms. The lowest BCUT2D eigenvalue weighted by atomic mass is 9.99. The van der Waals surface area contributed by atoms with Gasteiger partial charge in [-0.25, -0.2) is 4.79 Å². The van der Waals surface area contributed by atoms with E-state index >= 15 is 0 Å². The molecule has 37 heavy (non-hydrogen) atoms. The van der Waals surface area contributed by atoms with Crippen LogP contribution in [0.5, 0.6) is 5.75 Å². The minimum absolute atomic E-state index is 0.0550. The van der Waals surface area contributed by atoms with Crippen molar-refractivity contribution in [2.24, 2.45) is 0 Å². The second-order valence-corrected chi connectivity index (χ2v) is 10.4. The Morgan fingerprint density at radius 1 is 1.08 bits per heavy atom. The Balaban J connectivity index is 1.41. The molecule has 1 amide bonds. The minimum atomic E-state index is -0.280. The van der Waals surface area contributed by atoms with Gasteiger partial charge < -0.3 is 19.1 Å². The molecular weight excluding hydrogens is 538 g/mol. The summed E-state index contributed by atoms with van der Waals surface area (Å²) in [6.45, 7) is 5.80. The summed E-state index contributed by atoms with van der Waals surface area (Å²) in [4.78, 5) is 26.4. The molecular formula is C28H32BrN3O5. The van der Waals surface area contributed by atoms with E-state index in [-0.39, 0.29) is 31.1 Å². The van der Waals surface area contributed by atoms with E-state index < -0.39 is 0 Å². The smallest absolute Gasteiger partial charge is 0.409 e. The van der Waals surface area contributed by atoms with Gasteiger partial charge in [-0.1, -0.05) is 28.1 Å². The predicted octanol–water partition coefficient (Wildman–Crippen LogP) is 5.76. The third-order valence-electron chi connectivity index (χ3n) is 6.96. The van der Waals surface area contributed by atoms with Crippen LogP contribution in [0.15, 0.2) is 40.9 Å². The molecule has 9 heteroatoms. The van der Waals surface area contributed by atoms with Crippen LogP contribution in [-0.2, 0) is 27.3 Å². The summed E-state index contributed by atoms with van der Waals surface area (Å²) in [5.74, 6) is 0.935. The van der Waals surface area contributed by atoms with Crippen molar-refractivity contribution in [1.29, 1.82) is 0 Å². The van der Waals surface area contributed by atoms with Gasteiger partial charge in [0, 0.05) is 28.5 Å². The number of carbonyl (C=O) groups excluding carboxylic acids is 2. The molecule has 1 aliphatic carbocycles. The summed E-state index contributed by atoms with van der Waals surface area (Å²) in [7, 11) is 0. The van der Waals surface area contributed by atoms with Crippen molar-refractivity contribution in [3.63, 3.8) is 0 Å². The first-order chi connectivity index (χ1) is 18.0. The molecule has 5 rings (SSSR count). The number of benzene rings is 2. The number of ether oxygens (including phenoxy) is 3. The fourth-order valence-electron chi connectivity index (χ4n) is 5.07. The zero-order chi connectivity index (χ0) is 25.9. The van der Waals surface area contributed by atoms with E-state index in [0.717, 1.165) is 45.9 Å². The number of halogens is 1. The van der Waals surface area contributed by atoms with Crippen LogP contribution in [0, 0.1) is 0 Å². The van der Waals surface area contributed by atoms with E-state index in [1.807, 2.05) is 42.8 Å². The van der Waals surface area contributed by atoms with E-state index in [0.29, 0.717) is 38.0 Å². The molecule has 2 aromatic carbocycles. The molecule has 0 unspecified atom stereocenters. The van der Waals surface area contributed by atoms with Gasteiger partial charge in [0.15, 0.2) is 0 Å². The number of likely N-dealkylation sites (tertiary alicyclic amines) is 1. The van der Waals surface area contributed by atoms with Crippen molar-refractivity contribution in [3.05, 3.63) is 57.7 Å². The third kappa shape index (κ3) is 5.61. The Morgan fingerprint density at radius 3 is 2.65 bits per heavy atom. The van der Waals surface area contributed by atoms with Crippen LogP contribution in [0.25, 0.3) is 10.9 Å². The molecule has 8 nitrogen and oxygen atoms in total. The molecule has 196 valence electrons. The van der Waals surface area contributed by atoms with Gasteiger partial charge in [0.05, 0.1) is 31.2 Å². The Morgan fingerprint density at radius 2 is 1.89 bits per heavy atom.